The molecule has 7 heteroatoms. The molecule has 1 N–H and O–H groups in total. The largest absolute Gasteiger partial charge is 0.349 e. The lowest BCUT2D eigenvalue weighted by Gasteiger charge is -2.16. The molecule has 0 bridgehead atoms. The number of nitrogens with zero attached hydrogens (tertiary/aromatic N) is 5. The summed E-state index contributed by atoms with van der Waals surface area (Å²) in [6.45, 7) is 9.16. The number of hydrogen-bond acceptors (Lipinski definition) is 6. The van der Waals surface area contributed by atoms with E-state index in [9.17, 15) is 0 Å². The van der Waals surface area contributed by atoms with E-state index in [1.54, 1.807) is 11.3 Å². The highest BCUT2D eigenvalue weighted by Gasteiger charge is 2.14. The number of aromatic nitrogens is 4. The van der Waals surface area contributed by atoms with Crippen LogP contribution >= 0.6 is 11.3 Å². The van der Waals surface area contributed by atoms with E-state index < -0.39 is 0 Å². The number of fused-ring (bicyclic) bond motifs is 1. The van der Waals surface area contributed by atoms with Crippen LogP contribution < -0.4 is 10.2 Å². The number of rotatable bonds is 7. The van der Waals surface area contributed by atoms with E-state index in [2.05, 4.69) is 46.2 Å². The van der Waals surface area contributed by atoms with E-state index in [4.69, 9.17) is 0 Å². The molecular formula is C16H22N6S. The number of hydrogen-bond donors (Lipinski definition) is 1. The summed E-state index contributed by atoms with van der Waals surface area (Å²) in [6.07, 6.45) is 3.95. The summed E-state index contributed by atoms with van der Waals surface area (Å²) in [5, 5.41) is 13.1. The molecule has 0 aliphatic heterocycles. The monoisotopic (exact) mass is 330 g/mol. The predicted octanol–water partition coefficient (Wildman–Crippen LogP) is 2.88. The molecule has 3 rings (SSSR count). The van der Waals surface area contributed by atoms with Gasteiger partial charge in [-0.1, -0.05) is 6.07 Å². The smallest absolute Gasteiger partial charge is 0.185 e. The summed E-state index contributed by atoms with van der Waals surface area (Å²) < 4.78 is 2.02. The Hall–Kier alpha value is -1.99. The third-order valence-electron chi connectivity index (χ3n) is 3.89. The van der Waals surface area contributed by atoms with Crippen LogP contribution in [0.25, 0.3) is 5.65 Å². The van der Waals surface area contributed by atoms with Crippen molar-refractivity contribution >= 4 is 22.1 Å². The van der Waals surface area contributed by atoms with Gasteiger partial charge in [-0.15, -0.1) is 21.5 Å². The maximum Gasteiger partial charge on any atom is 0.185 e. The van der Waals surface area contributed by atoms with Crippen LogP contribution in [0.1, 0.15) is 37.5 Å². The van der Waals surface area contributed by atoms with Crippen molar-refractivity contribution in [2.45, 2.75) is 33.4 Å². The summed E-state index contributed by atoms with van der Waals surface area (Å²) in [5.74, 6) is 0.925. The molecule has 0 saturated heterocycles. The quantitative estimate of drug-likeness (QED) is 0.722. The van der Waals surface area contributed by atoms with Crippen LogP contribution in [-0.4, -0.2) is 32.7 Å². The third-order valence-corrected chi connectivity index (χ3v) is 4.94. The van der Waals surface area contributed by atoms with Crippen LogP contribution in [0.3, 0.4) is 0 Å². The van der Waals surface area contributed by atoms with Crippen molar-refractivity contribution in [3.05, 3.63) is 41.3 Å². The highest BCUT2D eigenvalue weighted by Crippen LogP contribution is 2.23. The molecule has 0 radical (unpaired) electrons. The molecule has 122 valence electrons. The van der Waals surface area contributed by atoms with Crippen molar-refractivity contribution in [2.24, 2.45) is 0 Å². The first-order valence-electron chi connectivity index (χ1n) is 7.95. The maximum absolute atomic E-state index is 4.52. The molecule has 3 aromatic rings. The Bertz CT molecular complexity index is 761. The number of nitrogens with one attached hydrogen (secondary N) is 1. The van der Waals surface area contributed by atoms with Crippen molar-refractivity contribution in [3.63, 3.8) is 0 Å². The predicted molar refractivity (Wildman–Crippen MR) is 93.9 cm³/mol. The van der Waals surface area contributed by atoms with Crippen molar-refractivity contribution in [1.29, 1.82) is 0 Å². The van der Waals surface area contributed by atoms with Gasteiger partial charge in [0.05, 0.1) is 6.04 Å². The third kappa shape index (κ3) is 3.35. The molecule has 6 nitrogen and oxygen atoms in total. The van der Waals surface area contributed by atoms with Crippen LogP contribution in [0, 0.1) is 0 Å². The molecule has 1 unspecified atom stereocenters. The Morgan fingerprint density at radius 2 is 2.09 bits per heavy atom. The van der Waals surface area contributed by atoms with Gasteiger partial charge in [-0.2, -0.15) is 0 Å². The Kier molecular flexibility index (Phi) is 4.88. The first kappa shape index (κ1) is 15.9. The van der Waals surface area contributed by atoms with E-state index in [-0.39, 0.29) is 6.04 Å². The van der Waals surface area contributed by atoms with Crippen LogP contribution in [0.5, 0.6) is 0 Å². The highest BCUT2D eigenvalue weighted by atomic mass is 32.1. The molecule has 0 amide bonds. The molecule has 3 aromatic heterocycles. The zero-order valence-corrected chi connectivity index (χ0v) is 14.5. The van der Waals surface area contributed by atoms with Crippen LogP contribution in [0.4, 0.5) is 5.13 Å². The summed E-state index contributed by atoms with van der Waals surface area (Å²) >= 11 is 1.74. The molecule has 0 aromatic carbocycles. The number of thiazole rings is 1. The Balaban J connectivity index is 1.66. The molecule has 0 fully saturated rings. The average Bonchev–Trinajstić information content (AvgIpc) is 3.21. The lowest BCUT2D eigenvalue weighted by Crippen LogP contribution is -2.21. The molecule has 0 aliphatic rings. The lowest BCUT2D eigenvalue weighted by molar-refractivity contribution is 0.544. The Labute approximate surface area is 140 Å². The second-order valence-electron chi connectivity index (χ2n) is 5.37. The van der Waals surface area contributed by atoms with Gasteiger partial charge in [0.1, 0.15) is 0 Å². The van der Waals surface area contributed by atoms with Crippen molar-refractivity contribution in [3.8, 4) is 0 Å². The highest BCUT2D eigenvalue weighted by molar-refractivity contribution is 7.15. The fourth-order valence-corrected chi connectivity index (χ4v) is 3.51. The molecule has 23 heavy (non-hydrogen) atoms. The van der Waals surface area contributed by atoms with Gasteiger partial charge in [0.2, 0.25) is 0 Å². The SMILES string of the molecule is CCN(CC)c1ncc(CNC(C)c2nnc3ccccn23)s1. The first-order chi connectivity index (χ1) is 11.2. The standard InChI is InChI=1S/C16H22N6S/c1-4-21(5-2)16-18-11-13(23-16)10-17-12(3)15-20-19-14-8-6-7-9-22(14)15/h6-9,11-12,17H,4-5,10H2,1-3H3. The maximum atomic E-state index is 4.52. The van der Waals surface area contributed by atoms with Crippen LogP contribution in [0.15, 0.2) is 30.6 Å². The molecule has 1 atom stereocenters. The van der Waals surface area contributed by atoms with Gasteiger partial charge in [0.25, 0.3) is 0 Å². The summed E-state index contributed by atoms with van der Waals surface area (Å²) in [7, 11) is 0. The normalized spacial score (nSPS) is 12.7. The molecular weight excluding hydrogens is 308 g/mol. The molecule has 3 heterocycles. The zero-order valence-electron chi connectivity index (χ0n) is 13.7. The summed E-state index contributed by atoms with van der Waals surface area (Å²) in [5.41, 5.74) is 0.873. The number of anilines is 1. The van der Waals surface area contributed by atoms with E-state index >= 15 is 0 Å². The van der Waals surface area contributed by atoms with Gasteiger partial charge in [0, 0.05) is 36.9 Å². The van der Waals surface area contributed by atoms with Gasteiger partial charge >= 0.3 is 0 Å². The van der Waals surface area contributed by atoms with Crippen LogP contribution in [0.2, 0.25) is 0 Å². The van der Waals surface area contributed by atoms with Gasteiger partial charge < -0.3 is 10.2 Å². The molecule has 0 aliphatic carbocycles. The second kappa shape index (κ2) is 7.06. The minimum atomic E-state index is 0.117. The molecule has 0 saturated carbocycles. The van der Waals surface area contributed by atoms with Crippen molar-refractivity contribution in [2.75, 3.05) is 18.0 Å². The Morgan fingerprint density at radius 3 is 2.87 bits per heavy atom. The van der Waals surface area contributed by atoms with Gasteiger partial charge in [-0.3, -0.25) is 4.40 Å². The Morgan fingerprint density at radius 1 is 1.26 bits per heavy atom. The summed E-state index contributed by atoms with van der Waals surface area (Å²) in [6, 6.07) is 6.04. The summed E-state index contributed by atoms with van der Waals surface area (Å²) in [4.78, 5) is 8.02. The minimum Gasteiger partial charge on any atom is -0.349 e. The lowest BCUT2D eigenvalue weighted by atomic mass is 10.3. The van der Waals surface area contributed by atoms with E-state index in [1.165, 1.54) is 4.88 Å². The van der Waals surface area contributed by atoms with Crippen molar-refractivity contribution in [1.82, 2.24) is 24.9 Å². The second-order valence-corrected chi connectivity index (χ2v) is 6.46. The molecule has 0 spiro atoms. The topological polar surface area (TPSA) is 58.4 Å². The van der Waals surface area contributed by atoms with Crippen molar-refractivity contribution < 1.29 is 0 Å². The van der Waals surface area contributed by atoms with Gasteiger partial charge in [-0.25, -0.2) is 4.98 Å². The fraction of sp³-hybridized carbons (Fsp3) is 0.438. The van der Waals surface area contributed by atoms with E-state index in [1.807, 2.05) is 35.0 Å². The van der Waals surface area contributed by atoms with E-state index in [0.717, 1.165) is 36.2 Å². The van der Waals surface area contributed by atoms with E-state index in [0.29, 0.717) is 0 Å². The van der Waals surface area contributed by atoms with Gasteiger partial charge in [-0.05, 0) is 32.9 Å². The average molecular weight is 330 g/mol. The zero-order chi connectivity index (χ0) is 16.2. The first-order valence-corrected chi connectivity index (χ1v) is 8.77. The van der Waals surface area contributed by atoms with Crippen LogP contribution in [-0.2, 0) is 6.54 Å². The minimum absolute atomic E-state index is 0.117. The number of pyridine rings is 1. The fourth-order valence-electron chi connectivity index (χ4n) is 2.52. The van der Waals surface area contributed by atoms with Gasteiger partial charge in [0.15, 0.2) is 16.6 Å².